The SMILES string of the molecule is Cc1ccc(-n2c(O)c(N=Nc3cccc(-c4cccc(OC(=O)O)c4)c3O)c3ccc(C(C)C)cc32)cc1C. The molecular formula is C32H29N3O5. The highest BCUT2D eigenvalue weighted by atomic mass is 16.7. The third-order valence-electron chi connectivity index (χ3n) is 6.98. The number of phenols is 1. The summed E-state index contributed by atoms with van der Waals surface area (Å²) >= 11 is 0. The van der Waals surface area contributed by atoms with Gasteiger partial charge in [0, 0.05) is 16.6 Å². The van der Waals surface area contributed by atoms with Gasteiger partial charge in [-0.05, 0) is 78.4 Å². The van der Waals surface area contributed by atoms with Crippen molar-refractivity contribution in [3.05, 3.63) is 95.6 Å². The smallest absolute Gasteiger partial charge is 0.505 e. The van der Waals surface area contributed by atoms with Crippen molar-refractivity contribution < 1.29 is 24.9 Å². The normalized spacial score (nSPS) is 11.5. The molecule has 0 saturated carbocycles. The number of hydrogen-bond donors (Lipinski definition) is 3. The lowest BCUT2D eigenvalue weighted by atomic mass is 10.0. The second-order valence-corrected chi connectivity index (χ2v) is 9.98. The molecule has 8 heteroatoms. The maximum Gasteiger partial charge on any atom is 0.511 e. The summed E-state index contributed by atoms with van der Waals surface area (Å²) in [6.07, 6.45) is -1.43. The van der Waals surface area contributed by atoms with E-state index in [4.69, 9.17) is 9.84 Å². The number of para-hydroxylation sites is 1. The third-order valence-corrected chi connectivity index (χ3v) is 6.98. The quantitative estimate of drug-likeness (QED) is 0.114. The zero-order valence-corrected chi connectivity index (χ0v) is 22.6. The van der Waals surface area contributed by atoms with Crippen LogP contribution in [0.15, 0.2) is 89.1 Å². The molecule has 0 amide bonds. The van der Waals surface area contributed by atoms with Crippen LogP contribution in [0.5, 0.6) is 17.4 Å². The lowest BCUT2D eigenvalue weighted by Crippen LogP contribution is -2.02. The average Bonchev–Trinajstić information content (AvgIpc) is 3.19. The van der Waals surface area contributed by atoms with Crippen LogP contribution in [0.2, 0.25) is 0 Å². The van der Waals surface area contributed by atoms with Gasteiger partial charge in [-0.2, -0.15) is 0 Å². The molecule has 5 aromatic rings. The maximum atomic E-state index is 11.4. The summed E-state index contributed by atoms with van der Waals surface area (Å²) in [5.74, 6) is 0.218. The minimum absolute atomic E-state index is 0.0583. The van der Waals surface area contributed by atoms with Crippen molar-refractivity contribution in [1.82, 2.24) is 4.57 Å². The van der Waals surface area contributed by atoms with E-state index in [1.54, 1.807) is 34.9 Å². The van der Waals surface area contributed by atoms with Crippen LogP contribution in [0.4, 0.5) is 16.2 Å². The highest BCUT2D eigenvalue weighted by Gasteiger charge is 2.20. The van der Waals surface area contributed by atoms with Crippen molar-refractivity contribution in [3.8, 4) is 34.2 Å². The van der Waals surface area contributed by atoms with Crippen LogP contribution < -0.4 is 4.74 Å². The molecule has 0 spiro atoms. The molecule has 1 aromatic heterocycles. The molecule has 0 fully saturated rings. The number of aromatic nitrogens is 1. The van der Waals surface area contributed by atoms with Gasteiger partial charge in [-0.3, -0.25) is 4.57 Å². The van der Waals surface area contributed by atoms with Crippen LogP contribution >= 0.6 is 0 Å². The number of azo groups is 1. The summed E-state index contributed by atoms with van der Waals surface area (Å²) in [6.45, 7) is 8.30. The van der Waals surface area contributed by atoms with E-state index >= 15 is 0 Å². The molecule has 0 aliphatic carbocycles. The number of carboxylic acid groups (broad SMARTS) is 1. The second-order valence-electron chi connectivity index (χ2n) is 9.98. The molecule has 0 bridgehead atoms. The van der Waals surface area contributed by atoms with E-state index in [1.807, 2.05) is 44.2 Å². The molecule has 0 atom stereocenters. The van der Waals surface area contributed by atoms with E-state index < -0.39 is 6.16 Å². The van der Waals surface area contributed by atoms with Gasteiger partial charge in [-0.15, -0.1) is 10.2 Å². The molecule has 8 nitrogen and oxygen atoms in total. The van der Waals surface area contributed by atoms with Gasteiger partial charge in [0.2, 0.25) is 5.88 Å². The summed E-state index contributed by atoms with van der Waals surface area (Å²) in [7, 11) is 0. The number of phenolic OH excluding ortho intramolecular Hbond substituents is 1. The van der Waals surface area contributed by atoms with E-state index in [0.717, 1.165) is 33.3 Å². The predicted molar refractivity (Wildman–Crippen MR) is 155 cm³/mol. The number of benzene rings is 4. The second kappa shape index (κ2) is 10.6. The Morgan fingerprint density at radius 1 is 0.875 bits per heavy atom. The van der Waals surface area contributed by atoms with Gasteiger partial charge in [-0.25, -0.2) is 4.79 Å². The Kier molecular flexibility index (Phi) is 7.00. The Morgan fingerprint density at radius 3 is 2.38 bits per heavy atom. The molecule has 1 heterocycles. The molecule has 202 valence electrons. The van der Waals surface area contributed by atoms with Gasteiger partial charge in [0.15, 0.2) is 11.4 Å². The number of aromatic hydroxyl groups is 2. The number of fused-ring (bicyclic) bond motifs is 1. The molecular weight excluding hydrogens is 506 g/mol. The van der Waals surface area contributed by atoms with Crippen molar-refractivity contribution in [2.24, 2.45) is 10.2 Å². The Morgan fingerprint density at radius 2 is 1.65 bits per heavy atom. The fraction of sp³-hybridized carbons (Fsp3) is 0.156. The van der Waals surface area contributed by atoms with Crippen LogP contribution in [-0.2, 0) is 0 Å². The number of nitrogens with zero attached hydrogens (tertiary/aromatic N) is 3. The molecule has 5 rings (SSSR count). The summed E-state index contributed by atoms with van der Waals surface area (Å²) in [6, 6.07) is 23.4. The summed E-state index contributed by atoms with van der Waals surface area (Å²) in [5, 5.41) is 40.8. The Balaban J connectivity index is 1.61. The Labute approximate surface area is 231 Å². The zero-order valence-electron chi connectivity index (χ0n) is 22.6. The van der Waals surface area contributed by atoms with Crippen molar-refractivity contribution in [3.63, 3.8) is 0 Å². The topological polar surface area (TPSA) is 117 Å². The van der Waals surface area contributed by atoms with Gasteiger partial charge >= 0.3 is 6.16 Å². The van der Waals surface area contributed by atoms with Gasteiger partial charge in [0.1, 0.15) is 11.4 Å². The van der Waals surface area contributed by atoms with E-state index in [9.17, 15) is 15.0 Å². The summed E-state index contributed by atoms with van der Waals surface area (Å²) < 4.78 is 6.51. The summed E-state index contributed by atoms with van der Waals surface area (Å²) in [5.41, 5.74) is 6.42. The number of carbonyl (C=O) groups is 1. The first-order chi connectivity index (χ1) is 19.1. The number of aryl methyl sites for hydroxylation is 2. The maximum absolute atomic E-state index is 11.4. The largest absolute Gasteiger partial charge is 0.511 e. The van der Waals surface area contributed by atoms with Crippen molar-refractivity contribution in [2.45, 2.75) is 33.6 Å². The predicted octanol–water partition coefficient (Wildman–Crippen LogP) is 8.92. The average molecular weight is 536 g/mol. The van der Waals surface area contributed by atoms with Crippen LogP contribution in [0.1, 0.15) is 36.5 Å². The van der Waals surface area contributed by atoms with Crippen molar-refractivity contribution >= 4 is 28.4 Å². The highest BCUT2D eigenvalue weighted by molar-refractivity contribution is 5.97. The molecule has 3 N–H and O–H groups in total. The monoisotopic (exact) mass is 535 g/mol. The first-order valence-electron chi connectivity index (χ1n) is 12.8. The van der Waals surface area contributed by atoms with E-state index in [2.05, 4.69) is 30.1 Å². The van der Waals surface area contributed by atoms with E-state index in [1.165, 1.54) is 12.1 Å². The first-order valence-corrected chi connectivity index (χ1v) is 12.8. The van der Waals surface area contributed by atoms with Gasteiger partial charge in [0.25, 0.3) is 0 Å². The molecule has 0 aliphatic heterocycles. The Hall–Kier alpha value is -5.11. The zero-order chi connectivity index (χ0) is 28.6. The third kappa shape index (κ3) is 4.99. The standard InChI is InChI=1S/C32H29N3O5/c1-18(2)21-12-14-26-28(17-21)35(23-13-11-19(3)20(4)15-23)31(37)29(26)34-33-27-10-6-9-25(30(27)36)22-7-5-8-24(16-22)40-32(38)39/h5-18,36-37H,1-4H3,(H,38,39). The van der Waals surface area contributed by atoms with Crippen LogP contribution in [-0.4, -0.2) is 26.0 Å². The van der Waals surface area contributed by atoms with Crippen molar-refractivity contribution in [1.29, 1.82) is 0 Å². The molecule has 0 radical (unpaired) electrons. The van der Waals surface area contributed by atoms with E-state index in [0.29, 0.717) is 17.0 Å². The fourth-order valence-corrected chi connectivity index (χ4v) is 4.63. The number of hydrogen-bond acceptors (Lipinski definition) is 6. The van der Waals surface area contributed by atoms with E-state index in [-0.39, 0.29) is 28.8 Å². The lowest BCUT2D eigenvalue weighted by molar-refractivity contribution is 0.144. The molecule has 4 aromatic carbocycles. The van der Waals surface area contributed by atoms with Gasteiger partial charge < -0.3 is 20.1 Å². The molecule has 40 heavy (non-hydrogen) atoms. The van der Waals surface area contributed by atoms with Crippen LogP contribution in [0.25, 0.3) is 27.7 Å². The van der Waals surface area contributed by atoms with Crippen LogP contribution in [0.3, 0.4) is 0 Å². The minimum atomic E-state index is -1.43. The van der Waals surface area contributed by atoms with Crippen LogP contribution in [0, 0.1) is 13.8 Å². The number of ether oxygens (including phenoxy) is 1. The minimum Gasteiger partial charge on any atom is -0.505 e. The highest BCUT2D eigenvalue weighted by Crippen LogP contribution is 2.44. The van der Waals surface area contributed by atoms with Crippen molar-refractivity contribution in [2.75, 3.05) is 0 Å². The summed E-state index contributed by atoms with van der Waals surface area (Å²) in [4.78, 5) is 10.9. The van der Waals surface area contributed by atoms with Gasteiger partial charge in [0.05, 0.1) is 5.52 Å². The first kappa shape index (κ1) is 26.5. The molecule has 0 saturated heterocycles. The van der Waals surface area contributed by atoms with Gasteiger partial charge in [-0.1, -0.05) is 56.3 Å². The fourth-order valence-electron chi connectivity index (χ4n) is 4.63. The lowest BCUT2D eigenvalue weighted by Gasteiger charge is -2.11. The number of rotatable bonds is 6. The Bertz CT molecular complexity index is 1790. The molecule has 0 unspecified atom stereocenters. The molecule has 0 aliphatic rings.